The van der Waals surface area contributed by atoms with E-state index in [-0.39, 0.29) is 0 Å². The van der Waals surface area contributed by atoms with Crippen molar-refractivity contribution in [3.63, 3.8) is 0 Å². The number of ether oxygens (including phenoxy) is 1. The van der Waals surface area contributed by atoms with Crippen LogP contribution in [0.15, 0.2) is 55.1 Å². The lowest BCUT2D eigenvalue weighted by atomic mass is 10.2. The molecule has 1 rings (SSSR count). The van der Waals surface area contributed by atoms with Crippen molar-refractivity contribution < 1.29 is 4.74 Å². The van der Waals surface area contributed by atoms with Crippen molar-refractivity contribution in [2.75, 3.05) is 13.2 Å². The third kappa shape index (κ3) is 5.19. The van der Waals surface area contributed by atoms with Crippen LogP contribution in [0.25, 0.3) is 0 Å². The molecule has 82 valence electrons. The predicted molar refractivity (Wildman–Crippen MR) is 68.1 cm³/mol. The molecular weight excluding hydrogens is 196 g/mol. The van der Waals surface area contributed by atoms with E-state index in [1.165, 1.54) is 0 Å². The summed E-state index contributed by atoms with van der Waals surface area (Å²) in [5.74, 6) is 5.99. The second kappa shape index (κ2) is 7.50. The van der Waals surface area contributed by atoms with Gasteiger partial charge in [-0.1, -0.05) is 42.7 Å². The van der Waals surface area contributed by atoms with Gasteiger partial charge in [0.25, 0.3) is 0 Å². The zero-order valence-electron chi connectivity index (χ0n) is 9.41. The van der Waals surface area contributed by atoms with Crippen LogP contribution in [-0.4, -0.2) is 13.2 Å². The van der Waals surface area contributed by atoms with Gasteiger partial charge in [0.15, 0.2) is 0 Å². The van der Waals surface area contributed by atoms with E-state index < -0.39 is 0 Å². The summed E-state index contributed by atoms with van der Waals surface area (Å²) in [4.78, 5) is 0. The highest BCUT2D eigenvalue weighted by Gasteiger charge is 1.89. The highest BCUT2D eigenvalue weighted by molar-refractivity contribution is 5.33. The number of allylic oxidation sites excluding steroid dienone is 1. The maximum Gasteiger partial charge on any atom is 0.108 e. The molecule has 0 saturated carbocycles. The smallest absolute Gasteiger partial charge is 0.108 e. The van der Waals surface area contributed by atoms with Gasteiger partial charge in [0.1, 0.15) is 6.61 Å². The molecule has 0 unspecified atom stereocenters. The molecule has 1 heteroatoms. The van der Waals surface area contributed by atoms with Crippen molar-refractivity contribution in [3.05, 3.63) is 60.7 Å². The standard InChI is InChI=1S/C15H16O/c1-3-8-14(2)13-16-12-7-11-15-9-5-4-6-10-15/h3-6,9-10H,1-2,8,12-13H2. The van der Waals surface area contributed by atoms with Gasteiger partial charge in [0.2, 0.25) is 0 Å². The van der Waals surface area contributed by atoms with Crippen LogP contribution >= 0.6 is 0 Å². The van der Waals surface area contributed by atoms with E-state index >= 15 is 0 Å². The van der Waals surface area contributed by atoms with Crippen LogP contribution in [0.3, 0.4) is 0 Å². The lowest BCUT2D eigenvalue weighted by Crippen LogP contribution is -1.96. The van der Waals surface area contributed by atoms with Gasteiger partial charge >= 0.3 is 0 Å². The Hall–Kier alpha value is -1.78. The SMILES string of the molecule is C=CCC(=C)COCC#Cc1ccccc1. The van der Waals surface area contributed by atoms with E-state index in [1.807, 2.05) is 36.4 Å². The molecule has 0 saturated heterocycles. The number of rotatable bonds is 5. The van der Waals surface area contributed by atoms with Crippen LogP contribution in [0.4, 0.5) is 0 Å². The third-order valence-electron chi connectivity index (χ3n) is 1.92. The monoisotopic (exact) mass is 212 g/mol. The van der Waals surface area contributed by atoms with Crippen LogP contribution in [0.2, 0.25) is 0 Å². The van der Waals surface area contributed by atoms with Crippen LogP contribution in [0, 0.1) is 11.8 Å². The quantitative estimate of drug-likeness (QED) is 0.414. The molecule has 0 N–H and O–H groups in total. The van der Waals surface area contributed by atoms with Gasteiger partial charge in [-0.2, -0.15) is 0 Å². The Kier molecular flexibility index (Phi) is 5.76. The van der Waals surface area contributed by atoms with E-state index in [9.17, 15) is 0 Å². The van der Waals surface area contributed by atoms with Gasteiger partial charge in [-0.25, -0.2) is 0 Å². The molecule has 1 aromatic carbocycles. The fourth-order valence-corrected chi connectivity index (χ4v) is 1.17. The Bertz CT molecular complexity index is 392. The van der Waals surface area contributed by atoms with E-state index in [1.54, 1.807) is 0 Å². The van der Waals surface area contributed by atoms with Crippen molar-refractivity contribution in [1.29, 1.82) is 0 Å². The summed E-state index contributed by atoms with van der Waals surface area (Å²) in [6.45, 7) is 8.48. The van der Waals surface area contributed by atoms with Gasteiger partial charge < -0.3 is 4.74 Å². The van der Waals surface area contributed by atoms with E-state index in [2.05, 4.69) is 25.0 Å². The third-order valence-corrected chi connectivity index (χ3v) is 1.92. The molecule has 0 atom stereocenters. The highest BCUT2D eigenvalue weighted by atomic mass is 16.5. The highest BCUT2D eigenvalue weighted by Crippen LogP contribution is 1.98. The topological polar surface area (TPSA) is 9.23 Å². The zero-order valence-corrected chi connectivity index (χ0v) is 9.41. The molecular formula is C15H16O. The molecule has 0 aliphatic carbocycles. The summed E-state index contributed by atoms with van der Waals surface area (Å²) in [5, 5.41) is 0. The fourth-order valence-electron chi connectivity index (χ4n) is 1.17. The first kappa shape index (κ1) is 12.3. The maximum atomic E-state index is 5.35. The van der Waals surface area contributed by atoms with Crippen molar-refractivity contribution in [3.8, 4) is 11.8 Å². The number of benzene rings is 1. The molecule has 0 amide bonds. The lowest BCUT2D eigenvalue weighted by molar-refractivity contribution is 0.191. The van der Waals surface area contributed by atoms with Crippen molar-refractivity contribution in [2.45, 2.75) is 6.42 Å². The Morgan fingerprint density at radius 3 is 2.75 bits per heavy atom. The summed E-state index contributed by atoms with van der Waals surface area (Å²) in [5.41, 5.74) is 2.03. The molecule has 0 fully saturated rings. The summed E-state index contributed by atoms with van der Waals surface area (Å²) in [6.07, 6.45) is 2.62. The molecule has 0 radical (unpaired) electrons. The minimum absolute atomic E-state index is 0.436. The number of hydrogen-bond donors (Lipinski definition) is 0. The average Bonchev–Trinajstić information content (AvgIpc) is 2.30. The molecule has 0 aliphatic heterocycles. The van der Waals surface area contributed by atoms with Crippen LogP contribution in [-0.2, 0) is 4.74 Å². The van der Waals surface area contributed by atoms with Crippen LogP contribution in [0.1, 0.15) is 12.0 Å². The van der Waals surface area contributed by atoms with Crippen molar-refractivity contribution >= 4 is 0 Å². The Balaban J connectivity index is 2.23. The minimum Gasteiger partial charge on any atom is -0.364 e. The molecule has 16 heavy (non-hydrogen) atoms. The van der Waals surface area contributed by atoms with Crippen molar-refractivity contribution in [2.24, 2.45) is 0 Å². The van der Waals surface area contributed by atoms with Crippen LogP contribution < -0.4 is 0 Å². The van der Waals surface area contributed by atoms with Gasteiger partial charge in [0, 0.05) is 5.56 Å². The van der Waals surface area contributed by atoms with Gasteiger partial charge in [-0.3, -0.25) is 0 Å². The molecule has 1 aromatic rings. The first-order valence-electron chi connectivity index (χ1n) is 5.22. The van der Waals surface area contributed by atoms with E-state index in [4.69, 9.17) is 4.74 Å². The Morgan fingerprint density at radius 1 is 1.31 bits per heavy atom. The first-order chi connectivity index (χ1) is 7.83. The molecule has 0 aliphatic rings. The Labute approximate surface area is 97.4 Å². The summed E-state index contributed by atoms with van der Waals surface area (Å²) in [7, 11) is 0. The van der Waals surface area contributed by atoms with E-state index in [0.29, 0.717) is 13.2 Å². The molecule has 0 bridgehead atoms. The molecule has 0 aromatic heterocycles. The van der Waals surface area contributed by atoms with Crippen molar-refractivity contribution in [1.82, 2.24) is 0 Å². The second-order valence-electron chi connectivity index (χ2n) is 3.40. The van der Waals surface area contributed by atoms with Crippen LogP contribution in [0.5, 0.6) is 0 Å². The number of hydrogen-bond acceptors (Lipinski definition) is 1. The Morgan fingerprint density at radius 2 is 2.06 bits per heavy atom. The van der Waals surface area contributed by atoms with Gasteiger partial charge in [-0.15, -0.1) is 6.58 Å². The first-order valence-corrected chi connectivity index (χ1v) is 5.22. The predicted octanol–water partition coefficient (Wildman–Crippen LogP) is 3.19. The summed E-state index contributed by atoms with van der Waals surface area (Å²) < 4.78 is 5.35. The fraction of sp³-hybridized carbons (Fsp3) is 0.200. The largest absolute Gasteiger partial charge is 0.364 e. The average molecular weight is 212 g/mol. The summed E-state index contributed by atoms with van der Waals surface area (Å²) >= 11 is 0. The van der Waals surface area contributed by atoms with Gasteiger partial charge in [0.05, 0.1) is 6.61 Å². The molecule has 0 heterocycles. The normalized spacial score (nSPS) is 9.00. The van der Waals surface area contributed by atoms with Gasteiger partial charge in [-0.05, 0) is 24.1 Å². The second-order valence-corrected chi connectivity index (χ2v) is 3.40. The molecule has 1 nitrogen and oxygen atoms in total. The summed E-state index contributed by atoms with van der Waals surface area (Å²) in [6, 6.07) is 9.86. The maximum absolute atomic E-state index is 5.35. The van der Waals surface area contributed by atoms with E-state index in [0.717, 1.165) is 17.6 Å². The minimum atomic E-state index is 0.436. The lowest BCUT2D eigenvalue weighted by Gasteiger charge is -2.00. The zero-order chi connectivity index (χ0) is 11.6. The molecule has 0 spiro atoms.